The van der Waals surface area contributed by atoms with E-state index >= 15 is 0 Å². The molecular weight excluding hydrogens is 248 g/mol. The van der Waals surface area contributed by atoms with Crippen LogP contribution in [0.3, 0.4) is 0 Å². The minimum atomic E-state index is -0.366. The molecule has 3 rings (SSSR count). The highest BCUT2D eigenvalue weighted by atomic mass is 17.2. The van der Waals surface area contributed by atoms with Crippen molar-refractivity contribution in [1.29, 1.82) is 0 Å². The third-order valence-electron chi connectivity index (χ3n) is 4.26. The van der Waals surface area contributed by atoms with Crippen molar-refractivity contribution in [3.05, 3.63) is 71.8 Å². The van der Waals surface area contributed by atoms with Crippen LogP contribution in [0.4, 0.5) is 0 Å². The first-order valence-electron chi connectivity index (χ1n) is 7.10. The van der Waals surface area contributed by atoms with Crippen LogP contribution in [0.15, 0.2) is 60.7 Å². The Morgan fingerprint density at radius 1 is 0.650 bits per heavy atom. The smallest absolute Gasteiger partial charge is 0.126 e. The lowest BCUT2D eigenvalue weighted by molar-refractivity contribution is -0.444. The number of hydrogen-bond donors (Lipinski definition) is 0. The molecule has 0 N–H and O–H groups in total. The summed E-state index contributed by atoms with van der Waals surface area (Å²) in [5.41, 5.74) is 1.59. The summed E-state index contributed by atoms with van der Waals surface area (Å²) in [7, 11) is 0. The molecule has 0 amide bonds. The van der Waals surface area contributed by atoms with E-state index in [1.807, 2.05) is 36.4 Å². The molecule has 0 spiro atoms. The topological polar surface area (TPSA) is 18.5 Å². The molecule has 2 unspecified atom stereocenters. The molecule has 1 fully saturated rings. The molecule has 1 aliphatic heterocycles. The zero-order chi connectivity index (χ0) is 14.1. The Bertz CT molecular complexity index is 501. The van der Waals surface area contributed by atoms with Gasteiger partial charge in [0.15, 0.2) is 0 Å². The molecule has 20 heavy (non-hydrogen) atoms. The van der Waals surface area contributed by atoms with E-state index in [9.17, 15) is 0 Å². The van der Waals surface area contributed by atoms with E-state index in [2.05, 4.69) is 38.1 Å². The molecule has 2 atom stereocenters. The highest BCUT2D eigenvalue weighted by Gasteiger charge is 2.42. The van der Waals surface area contributed by atoms with Gasteiger partial charge in [-0.1, -0.05) is 60.7 Å². The zero-order valence-electron chi connectivity index (χ0n) is 12.0. The number of benzene rings is 2. The summed E-state index contributed by atoms with van der Waals surface area (Å²) in [5, 5.41) is 0. The minimum Gasteiger partial charge on any atom is -0.225 e. The first kappa shape index (κ1) is 13.3. The normalized spacial score (nSPS) is 30.1. The van der Waals surface area contributed by atoms with Crippen molar-refractivity contribution in [2.45, 2.75) is 37.9 Å². The van der Waals surface area contributed by atoms with Gasteiger partial charge in [0.25, 0.3) is 0 Å². The van der Waals surface area contributed by atoms with Gasteiger partial charge in [-0.2, -0.15) is 0 Å². The van der Waals surface area contributed by atoms with E-state index in [-0.39, 0.29) is 11.2 Å². The van der Waals surface area contributed by atoms with E-state index in [1.165, 1.54) is 0 Å². The summed E-state index contributed by atoms with van der Waals surface area (Å²) >= 11 is 0. The minimum absolute atomic E-state index is 0.366. The van der Waals surface area contributed by atoms with Crippen molar-refractivity contribution in [2.75, 3.05) is 0 Å². The van der Waals surface area contributed by atoms with E-state index < -0.39 is 0 Å². The Hall–Kier alpha value is -1.64. The van der Waals surface area contributed by atoms with E-state index in [1.54, 1.807) is 0 Å². The molecule has 0 saturated carbocycles. The van der Waals surface area contributed by atoms with Gasteiger partial charge in [-0.3, -0.25) is 0 Å². The number of rotatable bonds is 2. The molecule has 2 heteroatoms. The fraction of sp³-hybridized carbons (Fsp3) is 0.333. The molecule has 2 aromatic carbocycles. The van der Waals surface area contributed by atoms with Crippen LogP contribution in [-0.4, -0.2) is 0 Å². The van der Waals surface area contributed by atoms with Crippen LogP contribution >= 0.6 is 0 Å². The Morgan fingerprint density at radius 3 is 1.30 bits per heavy atom. The average molecular weight is 268 g/mol. The Morgan fingerprint density at radius 2 is 1.00 bits per heavy atom. The number of hydrogen-bond acceptors (Lipinski definition) is 2. The molecule has 0 radical (unpaired) electrons. The molecule has 2 aromatic rings. The van der Waals surface area contributed by atoms with Crippen molar-refractivity contribution in [2.24, 2.45) is 0 Å². The van der Waals surface area contributed by atoms with Crippen LogP contribution in [0.25, 0.3) is 0 Å². The molecule has 1 saturated heterocycles. The van der Waals surface area contributed by atoms with E-state index in [0.29, 0.717) is 0 Å². The lowest BCUT2D eigenvalue weighted by Gasteiger charge is -2.42. The first-order valence-corrected chi connectivity index (χ1v) is 7.10. The maximum Gasteiger partial charge on any atom is 0.126 e. The maximum atomic E-state index is 5.82. The summed E-state index contributed by atoms with van der Waals surface area (Å²) in [6.45, 7) is 4.18. The predicted molar refractivity (Wildman–Crippen MR) is 79.0 cm³/mol. The fourth-order valence-electron chi connectivity index (χ4n) is 2.71. The van der Waals surface area contributed by atoms with Gasteiger partial charge < -0.3 is 0 Å². The first-order chi connectivity index (χ1) is 9.62. The summed E-state index contributed by atoms with van der Waals surface area (Å²) in [5.74, 6) is 0. The quantitative estimate of drug-likeness (QED) is 0.743. The second-order valence-electron chi connectivity index (χ2n) is 5.86. The standard InChI is InChI=1S/C18H20O2/c1-17(15-9-5-3-6-10-15)13-14-18(2,20-19-17)16-11-7-4-8-12-16/h3-12H,13-14H2,1-2H3. The molecule has 1 heterocycles. The van der Waals surface area contributed by atoms with Gasteiger partial charge in [0, 0.05) is 0 Å². The molecule has 2 nitrogen and oxygen atoms in total. The van der Waals surface area contributed by atoms with Crippen LogP contribution in [0.2, 0.25) is 0 Å². The summed E-state index contributed by atoms with van der Waals surface area (Å²) in [6.07, 6.45) is 1.87. The van der Waals surface area contributed by atoms with Gasteiger partial charge >= 0.3 is 0 Å². The summed E-state index contributed by atoms with van der Waals surface area (Å²) in [6, 6.07) is 20.6. The molecule has 1 aliphatic rings. The van der Waals surface area contributed by atoms with Gasteiger partial charge in [-0.25, -0.2) is 9.78 Å². The Balaban J connectivity index is 1.80. The Kier molecular flexibility index (Phi) is 3.36. The van der Waals surface area contributed by atoms with Crippen molar-refractivity contribution < 1.29 is 9.78 Å². The molecule has 0 bridgehead atoms. The van der Waals surface area contributed by atoms with Gasteiger partial charge in [0.2, 0.25) is 0 Å². The highest BCUT2D eigenvalue weighted by Crippen LogP contribution is 2.44. The predicted octanol–water partition coefficient (Wildman–Crippen LogP) is 4.56. The second kappa shape index (κ2) is 5.04. The van der Waals surface area contributed by atoms with Gasteiger partial charge in [0.1, 0.15) is 11.2 Å². The highest BCUT2D eigenvalue weighted by molar-refractivity contribution is 5.25. The molecule has 0 aromatic heterocycles. The van der Waals surface area contributed by atoms with Crippen LogP contribution in [0, 0.1) is 0 Å². The van der Waals surface area contributed by atoms with Crippen LogP contribution in [-0.2, 0) is 21.0 Å². The van der Waals surface area contributed by atoms with Gasteiger partial charge in [-0.05, 0) is 37.8 Å². The van der Waals surface area contributed by atoms with Crippen LogP contribution < -0.4 is 0 Å². The maximum absolute atomic E-state index is 5.82. The summed E-state index contributed by atoms with van der Waals surface area (Å²) < 4.78 is 0. The van der Waals surface area contributed by atoms with Crippen molar-refractivity contribution in [3.63, 3.8) is 0 Å². The largest absolute Gasteiger partial charge is 0.225 e. The second-order valence-corrected chi connectivity index (χ2v) is 5.86. The van der Waals surface area contributed by atoms with E-state index in [0.717, 1.165) is 24.0 Å². The van der Waals surface area contributed by atoms with Crippen molar-refractivity contribution in [1.82, 2.24) is 0 Å². The van der Waals surface area contributed by atoms with Gasteiger partial charge in [0.05, 0.1) is 0 Å². The Labute approximate surface area is 120 Å². The zero-order valence-corrected chi connectivity index (χ0v) is 12.0. The lowest BCUT2D eigenvalue weighted by atomic mass is 9.82. The molecular formula is C18H20O2. The summed E-state index contributed by atoms with van der Waals surface area (Å²) in [4.78, 5) is 11.6. The van der Waals surface area contributed by atoms with Crippen LogP contribution in [0.5, 0.6) is 0 Å². The monoisotopic (exact) mass is 268 g/mol. The SMILES string of the molecule is CC1(c2ccccc2)CCC(C)(c2ccccc2)OO1. The fourth-order valence-corrected chi connectivity index (χ4v) is 2.71. The van der Waals surface area contributed by atoms with Crippen molar-refractivity contribution in [3.8, 4) is 0 Å². The molecule has 104 valence electrons. The van der Waals surface area contributed by atoms with Crippen molar-refractivity contribution >= 4 is 0 Å². The lowest BCUT2D eigenvalue weighted by Crippen LogP contribution is -2.40. The third-order valence-corrected chi connectivity index (χ3v) is 4.26. The average Bonchev–Trinajstić information content (AvgIpc) is 2.52. The van der Waals surface area contributed by atoms with Crippen LogP contribution in [0.1, 0.15) is 37.8 Å². The molecule has 0 aliphatic carbocycles. The third kappa shape index (κ3) is 2.37. The van der Waals surface area contributed by atoms with E-state index in [4.69, 9.17) is 9.78 Å². The van der Waals surface area contributed by atoms with Gasteiger partial charge in [-0.15, -0.1) is 0 Å².